The lowest BCUT2D eigenvalue weighted by Gasteiger charge is -2.20. The molecule has 0 radical (unpaired) electrons. The number of hydrogen-bond acceptors (Lipinski definition) is 4. The van der Waals surface area contributed by atoms with Gasteiger partial charge in [-0.25, -0.2) is 0 Å². The summed E-state index contributed by atoms with van der Waals surface area (Å²) in [5.41, 5.74) is 3.13. The number of methoxy groups -OCH3 is 1. The molecule has 0 fully saturated rings. The van der Waals surface area contributed by atoms with Crippen molar-refractivity contribution in [2.75, 3.05) is 7.11 Å². The Labute approximate surface area is 186 Å². The number of benzene rings is 3. The summed E-state index contributed by atoms with van der Waals surface area (Å²) in [6, 6.07) is 27.6. The Morgan fingerprint density at radius 3 is 2.00 bits per heavy atom. The molecule has 0 bridgehead atoms. The van der Waals surface area contributed by atoms with Gasteiger partial charge < -0.3 is 10.1 Å². The number of nitrogens with one attached hydrogen (secondary N) is 1. The van der Waals surface area contributed by atoms with Crippen LogP contribution in [0.5, 0.6) is 5.75 Å². The van der Waals surface area contributed by atoms with E-state index in [0.29, 0.717) is 5.69 Å². The first kappa shape index (κ1) is 21.1. The third kappa shape index (κ3) is 4.44. The molecule has 0 spiro atoms. The van der Waals surface area contributed by atoms with Crippen molar-refractivity contribution in [3.63, 3.8) is 0 Å². The highest BCUT2D eigenvalue weighted by Crippen LogP contribution is 2.23. The molecule has 32 heavy (non-hydrogen) atoms. The maximum Gasteiger partial charge on any atom is 0.276 e. The van der Waals surface area contributed by atoms with Crippen molar-refractivity contribution >= 4 is 5.91 Å². The molecular weight excluding hydrogens is 402 g/mol. The second kappa shape index (κ2) is 9.31. The minimum atomic E-state index is -0.444. The average Bonchev–Trinajstić information content (AvgIpc) is 2.84. The van der Waals surface area contributed by atoms with E-state index in [1.165, 1.54) is 17.9 Å². The van der Waals surface area contributed by atoms with Crippen molar-refractivity contribution in [3.05, 3.63) is 124 Å². The summed E-state index contributed by atoms with van der Waals surface area (Å²) in [4.78, 5) is 26.0. The van der Waals surface area contributed by atoms with Gasteiger partial charge in [0.1, 0.15) is 0 Å². The standard InChI is InChI=1S/C26H23N3O3/c1-18-13-15-21(16-14-18)29-23(30)17-22(32-2)25(28-29)26(31)27-24(19-9-5-3-6-10-19)20-11-7-4-8-12-20/h3-17,24H,1-2H3,(H,27,31). The van der Waals surface area contributed by atoms with Gasteiger partial charge in [0.2, 0.25) is 0 Å². The van der Waals surface area contributed by atoms with E-state index in [1.54, 1.807) is 12.1 Å². The number of aromatic nitrogens is 2. The van der Waals surface area contributed by atoms with Gasteiger partial charge in [0.05, 0.1) is 24.9 Å². The van der Waals surface area contributed by atoms with E-state index in [2.05, 4.69) is 10.4 Å². The quantitative estimate of drug-likeness (QED) is 0.505. The Balaban J connectivity index is 1.75. The molecule has 1 heterocycles. The Morgan fingerprint density at radius 2 is 1.47 bits per heavy atom. The fourth-order valence-electron chi connectivity index (χ4n) is 3.47. The predicted octanol–water partition coefficient (Wildman–Crippen LogP) is 4.07. The molecule has 4 rings (SSSR count). The number of ether oxygens (including phenoxy) is 1. The number of aryl methyl sites for hydroxylation is 1. The number of nitrogens with zero attached hydrogens (tertiary/aromatic N) is 2. The topological polar surface area (TPSA) is 73.2 Å². The number of carbonyl (C=O) groups excluding carboxylic acids is 1. The second-order valence-corrected chi connectivity index (χ2v) is 7.37. The van der Waals surface area contributed by atoms with Crippen molar-refractivity contribution in [1.82, 2.24) is 15.1 Å². The smallest absolute Gasteiger partial charge is 0.276 e. The molecule has 0 unspecified atom stereocenters. The zero-order valence-corrected chi connectivity index (χ0v) is 17.9. The summed E-state index contributed by atoms with van der Waals surface area (Å²) in [7, 11) is 1.41. The lowest BCUT2D eigenvalue weighted by Crippen LogP contribution is -2.33. The van der Waals surface area contributed by atoms with Gasteiger partial charge in [-0.05, 0) is 30.2 Å². The molecule has 0 aliphatic carbocycles. The third-order valence-electron chi connectivity index (χ3n) is 5.15. The maximum atomic E-state index is 13.4. The average molecular weight is 425 g/mol. The van der Waals surface area contributed by atoms with Gasteiger partial charge in [0.15, 0.2) is 11.4 Å². The summed E-state index contributed by atoms with van der Waals surface area (Å²) in [5.74, 6) is -0.323. The van der Waals surface area contributed by atoms with Crippen LogP contribution < -0.4 is 15.6 Å². The summed E-state index contributed by atoms with van der Waals surface area (Å²) in [6.45, 7) is 1.96. The minimum Gasteiger partial charge on any atom is -0.494 e. The van der Waals surface area contributed by atoms with Crippen molar-refractivity contribution in [2.45, 2.75) is 13.0 Å². The van der Waals surface area contributed by atoms with Gasteiger partial charge in [-0.15, -0.1) is 0 Å². The Hall–Kier alpha value is -4.19. The molecule has 0 saturated heterocycles. The van der Waals surface area contributed by atoms with E-state index >= 15 is 0 Å². The van der Waals surface area contributed by atoms with Crippen LogP contribution in [0, 0.1) is 6.92 Å². The van der Waals surface area contributed by atoms with Crippen molar-refractivity contribution < 1.29 is 9.53 Å². The highest BCUT2D eigenvalue weighted by Gasteiger charge is 2.23. The zero-order valence-electron chi connectivity index (χ0n) is 17.9. The summed E-state index contributed by atoms with van der Waals surface area (Å²) in [5, 5.41) is 7.40. The Morgan fingerprint density at radius 1 is 0.906 bits per heavy atom. The van der Waals surface area contributed by atoms with Crippen LogP contribution in [0.15, 0.2) is 95.8 Å². The Bertz CT molecular complexity index is 1230. The van der Waals surface area contributed by atoms with Crippen LogP contribution in [0.3, 0.4) is 0 Å². The molecule has 1 amide bonds. The SMILES string of the molecule is COc1cc(=O)n(-c2ccc(C)cc2)nc1C(=O)NC(c1ccccc1)c1ccccc1. The highest BCUT2D eigenvalue weighted by atomic mass is 16.5. The van der Waals surface area contributed by atoms with Crippen LogP contribution in [0.4, 0.5) is 0 Å². The van der Waals surface area contributed by atoms with Crippen LogP contribution >= 0.6 is 0 Å². The van der Waals surface area contributed by atoms with Crippen molar-refractivity contribution in [2.24, 2.45) is 0 Å². The van der Waals surface area contributed by atoms with Crippen LogP contribution in [0.2, 0.25) is 0 Å². The fraction of sp³-hybridized carbons (Fsp3) is 0.115. The molecular formula is C26H23N3O3. The van der Waals surface area contributed by atoms with E-state index in [-0.39, 0.29) is 17.0 Å². The number of amides is 1. The largest absolute Gasteiger partial charge is 0.494 e. The normalized spacial score (nSPS) is 10.7. The monoisotopic (exact) mass is 425 g/mol. The minimum absolute atomic E-state index is 0.0320. The highest BCUT2D eigenvalue weighted by molar-refractivity contribution is 5.95. The van der Waals surface area contributed by atoms with Crippen LogP contribution in [0.25, 0.3) is 5.69 Å². The molecule has 3 aromatic carbocycles. The molecule has 0 aliphatic heterocycles. The van der Waals surface area contributed by atoms with Crippen LogP contribution in [-0.2, 0) is 0 Å². The molecule has 0 saturated carbocycles. The van der Waals surface area contributed by atoms with Crippen LogP contribution in [0.1, 0.15) is 33.2 Å². The van der Waals surface area contributed by atoms with E-state index in [9.17, 15) is 9.59 Å². The summed E-state index contributed by atoms with van der Waals surface area (Å²) >= 11 is 0. The molecule has 0 atom stereocenters. The first-order valence-corrected chi connectivity index (χ1v) is 10.2. The van der Waals surface area contributed by atoms with E-state index in [0.717, 1.165) is 16.7 Å². The fourth-order valence-corrected chi connectivity index (χ4v) is 3.47. The van der Waals surface area contributed by atoms with Gasteiger partial charge >= 0.3 is 0 Å². The zero-order chi connectivity index (χ0) is 22.5. The van der Waals surface area contributed by atoms with Crippen molar-refractivity contribution in [1.29, 1.82) is 0 Å². The summed E-state index contributed by atoms with van der Waals surface area (Å²) in [6.07, 6.45) is 0. The van der Waals surface area contributed by atoms with Gasteiger partial charge in [0.25, 0.3) is 11.5 Å². The lowest BCUT2D eigenvalue weighted by molar-refractivity contribution is 0.0932. The number of hydrogen-bond donors (Lipinski definition) is 1. The third-order valence-corrected chi connectivity index (χ3v) is 5.15. The molecule has 1 N–H and O–H groups in total. The van der Waals surface area contributed by atoms with Gasteiger partial charge in [-0.2, -0.15) is 9.78 Å². The predicted molar refractivity (Wildman–Crippen MR) is 123 cm³/mol. The molecule has 6 nitrogen and oxygen atoms in total. The molecule has 6 heteroatoms. The molecule has 4 aromatic rings. The second-order valence-electron chi connectivity index (χ2n) is 7.37. The van der Waals surface area contributed by atoms with Gasteiger partial charge in [-0.3, -0.25) is 9.59 Å². The van der Waals surface area contributed by atoms with Gasteiger partial charge in [0, 0.05) is 0 Å². The Kier molecular flexibility index (Phi) is 6.12. The lowest BCUT2D eigenvalue weighted by atomic mass is 9.98. The number of carbonyl (C=O) groups is 1. The molecule has 1 aromatic heterocycles. The van der Waals surface area contributed by atoms with E-state index in [1.807, 2.05) is 79.7 Å². The molecule has 160 valence electrons. The number of rotatable bonds is 6. The van der Waals surface area contributed by atoms with E-state index in [4.69, 9.17) is 4.74 Å². The van der Waals surface area contributed by atoms with Crippen LogP contribution in [-0.4, -0.2) is 22.8 Å². The van der Waals surface area contributed by atoms with Crippen molar-refractivity contribution in [3.8, 4) is 11.4 Å². The first-order valence-electron chi connectivity index (χ1n) is 10.2. The molecule has 0 aliphatic rings. The summed E-state index contributed by atoms with van der Waals surface area (Å²) < 4.78 is 6.52. The maximum absolute atomic E-state index is 13.4. The van der Waals surface area contributed by atoms with Gasteiger partial charge in [-0.1, -0.05) is 78.4 Å². The first-order chi connectivity index (χ1) is 15.6. The van der Waals surface area contributed by atoms with E-state index < -0.39 is 11.9 Å².